The maximum Gasteiger partial charge on any atom is 0.305 e. The standard InChI is InChI=1S/C58H109NO5/c1-3-5-7-9-11-13-15-17-19-21-22-23-24-25-26-28-30-34-38-42-46-50-56(61)55(54-60)59-57(62)51-47-43-39-35-32-33-37-41-45-49-53-64-58(63)52-48-44-40-36-31-29-27-20-18-16-14-12-10-8-6-4-2/h14,16,20,27,33,37,55-56,60-61H,3-13,15,17-19,21-26,28-32,34-36,38-54H2,1-2H3,(H,59,62)/b16-14-,27-20-,37-33-. The van der Waals surface area contributed by atoms with Gasteiger partial charge < -0.3 is 20.3 Å². The number of aliphatic hydroxyl groups excluding tert-OH is 2. The van der Waals surface area contributed by atoms with Gasteiger partial charge in [-0.2, -0.15) is 0 Å². The predicted molar refractivity (Wildman–Crippen MR) is 278 cm³/mol. The molecule has 2 atom stereocenters. The van der Waals surface area contributed by atoms with Crippen LogP contribution in [0.1, 0.15) is 296 Å². The number of allylic oxidation sites excluding steroid dienone is 6. The van der Waals surface area contributed by atoms with Gasteiger partial charge >= 0.3 is 5.97 Å². The summed E-state index contributed by atoms with van der Waals surface area (Å²) >= 11 is 0. The molecule has 0 aliphatic carbocycles. The van der Waals surface area contributed by atoms with Gasteiger partial charge in [-0.3, -0.25) is 9.59 Å². The molecule has 6 heteroatoms. The van der Waals surface area contributed by atoms with Crippen molar-refractivity contribution in [2.24, 2.45) is 0 Å². The van der Waals surface area contributed by atoms with Crippen molar-refractivity contribution in [2.75, 3.05) is 13.2 Å². The van der Waals surface area contributed by atoms with Gasteiger partial charge in [0.2, 0.25) is 5.91 Å². The summed E-state index contributed by atoms with van der Waals surface area (Å²) in [4.78, 5) is 24.5. The molecule has 64 heavy (non-hydrogen) atoms. The summed E-state index contributed by atoms with van der Waals surface area (Å²) in [5.74, 6) is -0.120. The molecule has 0 bridgehead atoms. The lowest BCUT2D eigenvalue weighted by Gasteiger charge is -2.22. The number of ether oxygens (including phenoxy) is 1. The van der Waals surface area contributed by atoms with Crippen molar-refractivity contribution in [2.45, 2.75) is 309 Å². The van der Waals surface area contributed by atoms with E-state index in [1.54, 1.807) is 0 Å². The first-order valence-electron chi connectivity index (χ1n) is 28.2. The second-order valence-corrected chi connectivity index (χ2v) is 19.3. The summed E-state index contributed by atoms with van der Waals surface area (Å²) in [6, 6.07) is -0.569. The summed E-state index contributed by atoms with van der Waals surface area (Å²) in [6.07, 6.45) is 65.6. The number of unbranched alkanes of at least 4 members (excludes halogenated alkanes) is 35. The van der Waals surface area contributed by atoms with Crippen LogP contribution in [0.5, 0.6) is 0 Å². The van der Waals surface area contributed by atoms with Gasteiger partial charge in [-0.15, -0.1) is 0 Å². The molecule has 0 saturated heterocycles. The van der Waals surface area contributed by atoms with Crippen molar-refractivity contribution in [1.82, 2.24) is 5.32 Å². The highest BCUT2D eigenvalue weighted by Crippen LogP contribution is 2.17. The molecular formula is C58H109NO5. The van der Waals surface area contributed by atoms with Crippen LogP contribution in [0.3, 0.4) is 0 Å². The van der Waals surface area contributed by atoms with Crippen molar-refractivity contribution in [3.8, 4) is 0 Å². The lowest BCUT2D eigenvalue weighted by molar-refractivity contribution is -0.143. The first-order valence-corrected chi connectivity index (χ1v) is 28.2. The maximum atomic E-state index is 12.5. The molecule has 1 amide bonds. The zero-order chi connectivity index (χ0) is 46.5. The van der Waals surface area contributed by atoms with Crippen LogP contribution in [0, 0.1) is 0 Å². The Balaban J connectivity index is 3.53. The molecule has 0 heterocycles. The Kier molecular flexibility index (Phi) is 52.1. The molecule has 0 aromatic rings. The topological polar surface area (TPSA) is 95.9 Å². The molecule has 0 aliphatic rings. The molecule has 0 aromatic carbocycles. The predicted octanol–water partition coefficient (Wildman–Crippen LogP) is 17.2. The fourth-order valence-electron chi connectivity index (χ4n) is 8.55. The van der Waals surface area contributed by atoms with E-state index < -0.39 is 12.1 Å². The van der Waals surface area contributed by atoms with Crippen LogP contribution in [-0.4, -0.2) is 47.4 Å². The molecule has 0 spiro atoms. The van der Waals surface area contributed by atoms with Crippen molar-refractivity contribution >= 4 is 11.9 Å². The molecule has 376 valence electrons. The van der Waals surface area contributed by atoms with Crippen LogP contribution >= 0.6 is 0 Å². The van der Waals surface area contributed by atoms with Gasteiger partial charge in [0.1, 0.15) is 0 Å². The fourth-order valence-corrected chi connectivity index (χ4v) is 8.55. The monoisotopic (exact) mass is 900 g/mol. The molecule has 0 saturated carbocycles. The Labute approximate surface area is 398 Å². The van der Waals surface area contributed by atoms with Gasteiger partial charge in [0, 0.05) is 12.8 Å². The van der Waals surface area contributed by atoms with Crippen LogP contribution in [0.4, 0.5) is 0 Å². The second kappa shape index (κ2) is 53.7. The first-order chi connectivity index (χ1) is 31.5. The number of hydrogen-bond acceptors (Lipinski definition) is 5. The molecule has 0 aromatic heterocycles. The highest BCUT2D eigenvalue weighted by molar-refractivity contribution is 5.76. The molecule has 0 rings (SSSR count). The number of esters is 1. The quantitative estimate of drug-likeness (QED) is 0.0321. The number of rotatable bonds is 52. The second-order valence-electron chi connectivity index (χ2n) is 19.3. The van der Waals surface area contributed by atoms with Crippen LogP contribution in [0.15, 0.2) is 36.5 Å². The minimum atomic E-state index is -0.688. The normalized spacial score (nSPS) is 12.9. The molecule has 2 unspecified atom stereocenters. The Morgan fingerprint density at radius 1 is 0.438 bits per heavy atom. The van der Waals surface area contributed by atoms with Gasteiger partial charge in [-0.05, 0) is 83.5 Å². The van der Waals surface area contributed by atoms with Crippen LogP contribution in [0.2, 0.25) is 0 Å². The summed E-state index contributed by atoms with van der Waals surface area (Å²) in [5.41, 5.74) is 0. The highest BCUT2D eigenvalue weighted by Gasteiger charge is 2.20. The van der Waals surface area contributed by atoms with E-state index in [0.717, 1.165) is 89.9 Å². The van der Waals surface area contributed by atoms with E-state index in [2.05, 4.69) is 55.6 Å². The van der Waals surface area contributed by atoms with Crippen LogP contribution in [-0.2, 0) is 14.3 Å². The zero-order valence-electron chi connectivity index (χ0n) is 42.8. The Hall–Kier alpha value is -1.92. The SMILES string of the molecule is CCCCCC/C=C\C/C=C\CCCCCCCC(=O)OCCCC/C=C\CCCCCCC(=O)NC(CO)C(O)CCCCCCCCCCCCCCCCCCCCCCC. The van der Waals surface area contributed by atoms with Crippen molar-refractivity contribution in [3.05, 3.63) is 36.5 Å². The first kappa shape index (κ1) is 62.1. The summed E-state index contributed by atoms with van der Waals surface area (Å²) in [6.45, 7) is 4.85. The number of nitrogens with one attached hydrogen (secondary N) is 1. The largest absolute Gasteiger partial charge is 0.466 e. The Morgan fingerprint density at radius 2 is 0.781 bits per heavy atom. The van der Waals surface area contributed by atoms with E-state index in [0.29, 0.717) is 25.9 Å². The molecule has 0 radical (unpaired) electrons. The fraction of sp³-hybridized carbons (Fsp3) is 0.862. The smallest absolute Gasteiger partial charge is 0.305 e. The van der Waals surface area contributed by atoms with E-state index >= 15 is 0 Å². The van der Waals surface area contributed by atoms with Gasteiger partial charge in [0.15, 0.2) is 0 Å². The maximum absolute atomic E-state index is 12.5. The third-order valence-electron chi connectivity index (χ3n) is 12.9. The van der Waals surface area contributed by atoms with E-state index in [9.17, 15) is 19.8 Å². The van der Waals surface area contributed by atoms with E-state index in [1.807, 2.05) is 0 Å². The van der Waals surface area contributed by atoms with Crippen molar-refractivity contribution in [3.63, 3.8) is 0 Å². The Morgan fingerprint density at radius 3 is 1.22 bits per heavy atom. The molecule has 0 fully saturated rings. The number of carbonyl (C=O) groups excluding carboxylic acids is 2. The van der Waals surface area contributed by atoms with Gasteiger partial charge in [-0.1, -0.05) is 237 Å². The van der Waals surface area contributed by atoms with Crippen LogP contribution < -0.4 is 5.32 Å². The van der Waals surface area contributed by atoms with Gasteiger partial charge in [0.25, 0.3) is 0 Å². The van der Waals surface area contributed by atoms with E-state index in [4.69, 9.17) is 4.74 Å². The lowest BCUT2D eigenvalue weighted by Crippen LogP contribution is -2.45. The van der Waals surface area contributed by atoms with Crippen molar-refractivity contribution < 1.29 is 24.5 Å². The highest BCUT2D eigenvalue weighted by atomic mass is 16.5. The molecule has 0 aliphatic heterocycles. The van der Waals surface area contributed by atoms with Gasteiger partial charge in [-0.25, -0.2) is 0 Å². The molecule has 6 nitrogen and oxygen atoms in total. The lowest BCUT2D eigenvalue weighted by atomic mass is 10.0. The summed E-state index contributed by atoms with van der Waals surface area (Å²) in [5, 5.41) is 23.3. The third kappa shape index (κ3) is 49.5. The molecule has 3 N–H and O–H groups in total. The van der Waals surface area contributed by atoms with Crippen LogP contribution in [0.25, 0.3) is 0 Å². The minimum Gasteiger partial charge on any atom is -0.466 e. The number of amides is 1. The minimum absolute atomic E-state index is 0.0494. The number of carbonyl (C=O) groups is 2. The summed E-state index contributed by atoms with van der Waals surface area (Å²) < 4.78 is 5.43. The number of hydrogen-bond donors (Lipinski definition) is 3. The number of aliphatic hydroxyl groups is 2. The van der Waals surface area contributed by atoms with E-state index in [1.165, 1.54) is 173 Å². The average molecular weight is 901 g/mol. The zero-order valence-corrected chi connectivity index (χ0v) is 42.8. The average Bonchev–Trinajstić information content (AvgIpc) is 3.29. The Bertz CT molecular complexity index is 1040. The van der Waals surface area contributed by atoms with Crippen molar-refractivity contribution in [1.29, 1.82) is 0 Å². The summed E-state index contributed by atoms with van der Waals surface area (Å²) in [7, 11) is 0. The third-order valence-corrected chi connectivity index (χ3v) is 12.9. The van der Waals surface area contributed by atoms with E-state index in [-0.39, 0.29) is 18.5 Å². The van der Waals surface area contributed by atoms with Gasteiger partial charge in [0.05, 0.1) is 25.4 Å². The molecular weight excluding hydrogens is 791 g/mol.